The molecule has 122 valence electrons. The van der Waals surface area contributed by atoms with Crippen molar-refractivity contribution >= 4 is 11.6 Å². The van der Waals surface area contributed by atoms with Gasteiger partial charge in [0.2, 0.25) is 5.91 Å². The molecule has 0 aromatic carbocycles. The van der Waals surface area contributed by atoms with E-state index in [0.29, 0.717) is 13.1 Å². The minimum Gasteiger partial charge on any atom is -0.341 e. The Labute approximate surface area is 133 Å². The van der Waals surface area contributed by atoms with Gasteiger partial charge in [-0.3, -0.25) is 24.3 Å². The van der Waals surface area contributed by atoms with E-state index in [9.17, 15) is 19.7 Å². The van der Waals surface area contributed by atoms with Gasteiger partial charge in [-0.2, -0.15) is 5.26 Å². The number of nitriles is 1. The average Bonchev–Trinajstić information content (AvgIpc) is 2.48. The van der Waals surface area contributed by atoms with Crippen LogP contribution in [0.15, 0.2) is 17.1 Å². The van der Waals surface area contributed by atoms with Gasteiger partial charge in [-0.25, -0.2) is 0 Å². The summed E-state index contributed by atoms with van der Waals surface area (Å²) in [6.45, 7) is 0.983. The number of carbonyl (C=O) groups excluding carboxylic acids is 1. The number of pyridine rings is 1. The first kappa shape index (κ1) is 16.7. The summed E-state index contributed by atoms with van der Waals surface area (Å²) in [7, 11) is 0. The van der Waals surface area contributed by atoms with Crippen LogP contribution < -0.4 is 5.56 Å². The van der Waals surface area contributed by atoms with Crippen molar-refractivity contribution < 1.29 is 9.72 Å². The molecule has 0 unspecified atom stereocenters. The fourth-order valence-corrected chi connectivity index (χ4v) is 2.66. The zero-order valence-corrected chi connectivity index (χ0v) is 12.7. The maximum atomic E-state index is 12.4. The highest BCUT2D eigenvalue weighted by Crippen LogP contribution is 2.12. The van der Waals surface area contributed by atoms with Crippen LogP contribution in [0.3, 0.4) is 0 Å². The third-order valence-electron chi connectivity index (χ3n) is 3.92. The van der Waals surface area contributed by atoms with Crippen molar-refractivity contribution in [1.82, 2.24) is 9.47 Å². The molecule has 23 heavy (non-hydrogen) atoms. The van der Waals surface area contributed by atoms with Crippen LogP contribution in [0.1, 0.15) is 37.7 Å². The largest absolute Gasteiger partial charge is 0.341 e. The van der Waals surface area contributed by atoms with E-state index in [1.54, 1.807) is 11.0 Å². The Balaban J connectivity index is 2.22. The molecule has 0 radical (unpaired) electrons. The lowest BCUT2D eigenvalue weighted by molar-refractivity contribution is -0.385. The van der Waals surface area contributed by atoms with Crippen LogP contribution in [-0.2, 0) is 11.3 Å². The second-order valence-corrected chi connectivity index (χ2v) is 5.56. The molecule has 8 nitrogen and oxygen atoms in total. The molecule has 0 N–H and O–H groups in total. The van der Waals surface area contributed by atoms with Gasteiger partial charge in [-0.15, -0.1) is 0 Å². The minimum atomic E-state index is -0.683. The molecule has 2 heterocycles. The first-order chi connectivity index (χ1) is 11.0. The van der Waals surface area contributed by atoms with E-state index in [1.807, 2.05) is 0 Å². The Morgan fingerprint density at radius 2 is 1.87 bits per heavy atom. The Morgan fingerprint density at radius 3 is 2.43 bits per heavy atom. The van der Waals surface area contributed by atoms with Gasteiger partial charge >= 0.3 is 0 Å². The number of hydrogen-bond donors (Lipinski definition) is 0. The molecule has 1 aliphatic rings. The molecule has 1 aliphatic heterocycles. The van der Waals surface area contributed by atoms with E-state index in [2.05, 4.69) is 0 Å². The zero-order valence-electron chi connectivity index (χ0n) is 12.7. The number of rotatable bonds is 3. The SMILES string of the molecule is N#Cc1cc([N+](=O)[O-])cn(CC(=O)N2CCCCCCC2)c1=O. The van der Waals surface area contributed by atoms with Gasteiger partial charge in [0.05, 0.1) is 11.1 Å². The van der Waals surface area contributed by atoms with Crippen molar-refractivity contribution in [3.05, 3.63) is 38.3 Å². The minimum absolute atomic E-state index is 0.251. The predicted octanol–water partition coefficient (Wildman–Crippen LogP) is 1.42. The van der Waals surface area contributed by atoms with Crippen LogP contribution in [0.4, 0.5) is 5.69 Å². The summed E-state index contributed by atoms with van der Waals surface area (Å²) in [5, 5.41) is 19.8. The lowest BCUT2D eigenvalue weighted by Gasteiger charge is -2.25. The van der Waals surface area contributed by atoms with Crippen LogP contribution >= 0.6 is 0 Å². The maximum absolute atomic E-state index is 12.4. The molecule has 0 aliphatic carbocycles. The van der Waals surface area contributed by atoms with Gasteiger partial charge in [0.15, 0.2) is 0 Å². The van der Waals surface area contributed by atoms with Crippen LogP contribution in [0.25, 0.3) is 0 Å². The normalized spacial score (nSPS) is 15.3. The maximum Gasteiger partial charge on any atom is 0.287 e. The zero-order chi connectivity index (χ0) is 16.8. The second-order valence-electron chi connectivity index (χ2n) is 5.56. The molecule has 1 fully saturated rings. The molecule has 1 aromatic rings. The molecule has 0 bridgehead atoms. The number of amides is 1. The number of nitro groups is 1. The smallest absolute Gasteiger partial charge is 0.287 e. The monoisotopic (exact) mass is 318 g/mol. The van der Waals surface area contributed by atoms with E-state index in [0.717, 1.165) is 48.9 Å². The summed E-state index contributed by atoms with van der Waals surface area (Å²) in [5.74, 6) is -0.251. The van der Waals surface area contributed by atoms with Crippen LogP contribution in [0, 0.1) is 21.4 Å². The van der Waals surface area contributed by atoms with Crippen molar-refractivity contribution in [2.24, 2.45) is 0 Å². The topological polar surface area (TPSA) is 109 Å². The highest BCUT2D eigenvalue weighted by atomic mass is 16.6. The van der Waals surface area contributed by atoms with Crippen molar-refractivity contribution in [2.75, 3.05) is 13.1 Å². The Morgan fingerprint density at radius 1 is 1.26 bits per heavy atom. The Kier molecular flexibility index (Phi) is 5.46. The van der Waals surface area contributed by atoms with Gasteiger partial charge in [0.25, 0.3) is 11.2 Å². The quantitative estimate of drug-likeness (QED) is 0.618. The third-order valence-corrected chi connectivity index (χ3v) is 3.92. The molecule has 2 rings (SSSR count). The van der Waals surface area contributed by atoms with E-state index in [1.165, 1.54) is 0 Å². The number of nitrogens with zero attached hydrogens (tertiary/aromatic N) is 4. The fraction of sp³-hybridized carbons (Fsp3) is 0.533. The van der Waals surface area contributed by atoms with E-state index in [-0.39, 0.29) is 23.7 Å². The molecule has 0 saturated carbocycles. The summed E-state index contributed by atoms with van der Waals surface area (Å²) >= 11 is 0. The van der Waals surface area contributed by atoms with Crippen molar-refractivity contribution in [3.8, 4) is 6.07 Å². The van der Waals surface area contributed by atoms with Crippen LogP contribution in [0.5, 0.6) is 0 Å². The second kappa shape index (κ2) is 7.54. The molecule has 1 aromatic heterocycles. The fourth-order valence-electron chi connectivity index (χ4n) is 2.66. The van der Waals surface area contributed by atoms with E-state index in [4.69, 9.17) is 5.26 Å². The molecule has 8 heteroatoms. The van der Waals surface area contributed by atoms with Crippen LogP contribution in [-0.4, -0.2) is 33.4 Å². The Hall–Kier alpha value is -2.69. The number of likely N-dealkylation sites (tertiary alicyclic amines) is 1. The number of carbonyl (C=O) groups is 1. The highest BCUT2D eigenvalue weighted by molar-refractivity contribution is 5.76. The summed E-state index contributed by atoms with van der Waals surface area (Å²) < 4.78 is 0.956. The van der Waals surface area contributed by atoms with Crippen molar-refractivity contribution in [1.29, 1.82) is 5.26 Å². The summed E-state index contributed by atoms with van der Waals surface area (Å²) in [6.07, 6.45) is 6.15. The highest BCUT2D eigenvalue weighted by Gasteiger charge is 2.19. The first-order valence-corrected chi connectivity index (χ1v) is 7.59. The van der Waals surface area contributed by atoms with Gasteiger partial charge < -0.3 is 4.90 Å². The molecule has 1 saturated heterocycles. The van der Waals surface area contributed by atoms with Gasteiger partial charge in [-0.1, -0.05) is 19.3 Å². The van der Waals surface area contributed by atoms with Gasteiger partial charge in [0, 0.05) is 19.2 Å². The molecule has 0 spiro atoms. The van der Waals surface area contributed by atoms with Crippen LogP contribution in [0.2, 0.25) is 0 Å². The van der Waals surface area contributed by atoms with Gasteiger partial charge in [0.1, 0.15) is 18.2 Å². The summed E-state index contributed by atoms with van der Waals surface area (Å²) in [6, 6.07) is 2.57. The number of hydrogen-bond acceptors (Lipinski definition) is 5. The molecular weight excluding hydrogens is 300 g/mol. The first-order valence-electron chi connectivity index (χ1n) is 7.59. The Bertz CT molecular complexity index is 696. The molecule has 0 atom stereocenters. The van der Waals surface area contributed by atoms with Crippen molar-refractivity contribution in [2.45, 2.75) is 38.6 Å². The summed E-state index contributed by atoms with van der Waals surface area (Å²) in [4.78, 5) is 36.3. The average molecular weight is 318 g/mol. The van der Waals surface area contributed by atoms with E-state index < -0.39 is 10.5 Å². The molecule has 1 amide bonds. The standard InChI is InChI=1S/C15H18N4O4/c16-9-12-8-13(19(22)23)10-18(15(12)21)11-14(20)17-6-4-2-1-3-5-7-17/h8,10H,1-7,11H2. The lowest BCUT2D eigenvalue weighted by atomic mass is 10.1. The van der Waals surface area contributed by atoms with E-state index >= 15 is 0 Å². The number of aromatic nitrogens is 1. The van der Waals surface area contributed by atoms with Crippen molar-refractivity contribution in [3.63, 3.8) is 0 Å². The predicted molar refractivity (Wildman–Crippen MR) is 81.7 cm³/mol. The molecular formula is C15H18N4O4. The summed E-state index contributed by atoms with van der Waals surface area (Å²) in [5.41, 5.74) is -1.39. The lowest BCUT2D eigenvalue weighted by Crippen LogP contribution is -2.38. The van der Waals surface area contributed by atoms with Gasteiger partial charge in [-0.05, 0) is 12.8 Å². The third kappa shape index (κ3) is 4.16.